The Kier molecular flexibility index (Phi) is 3.54. The molecule has 2 N–H and O–H groups in total. The molecule has 104 valence electrons. The Morgan fingerprint density at radius 3 is 1.50 bits per heavy atom. The van der Waals surface area contributed by atoms with E-state index in [1.807, 2.05) is 12.4 Å². The molecule has 4 nitrogen and oxygen atoms in total. The third kappa shape index (κ3) is 2.46. The van der Waals surface area contributed by atoms with Crippen LogP contribution in [0.3, 0.4) is 0 Å². The Balaban J connectivity index is 1.72. The fraction of sp³-hybridized carbons (Fsp3) is 0.375. The Hall–Kier alpha value is -2.10. The second kappa shape index (κ2) is 5.49. The lowest BCUT2D eigenvalue weighted by molar-refractivity contribution is -0.366. The minimum atomic E-state index is 1.05. The Morgan fingerprint density at radius 1 is 0.750 bits per heavy atom. The van der Waals surface area contributed by atoms with Crippen molar-refractivity contribution in [3.8, 4) is 0 Å². The first kappa shape index (κ1) is 12.9. The van der Waals surface area contributed by atoms with Crippen molar-refractivity contribution in [3.05, 3.63) is 47.8 Å². The van der Waals surface area contributed by atoms with Crippen molar-refractivity contribution in [2.45, 2.75) is 13.8 Å². The molecule has 3 heterocycles. The van der Waals surface area contributed by atoms with Gasteiger partial charge in [0, 0.05) is 11.1 Å². The second-order valence-corrected chi connectivity index (χ2v) is 5.38. The Labute approximate surface area is 120 Å². The predicted molar refractivity (Wildman–Crippen MR) is 79.9 cm³/mol. The van der Waals surface area contributed by atoms with Gasteiger partial charge in [-0.1, -0.05) is 0 Å². The molecule has 0 unspecified atom stereocenters. The zero-order valence-corrected chi connectivity index (χ0v) is 12.2. The quantitative estimate of drug-likeness (QED) is 0.823. The molecular formula is C16H22N4+2. The van der Waals surface area contributed by atoms with Crippen molar-refractivity contribution in [1.29, 1.82) is 0 Å². The molecule has 0 atom stereocenters. The summed E-state index contributed by atoms with van der Waals surface area (Å²) in [5.74, 6) is 2.50. The largest absolute Gasteiger partial charge is 0.277 e. The van der Waals surface area contributed by atoms with Gasteiger partial charge < -0.3 is 0 Å². The molecule has 0 amide bonds. The molecule has 0 bridgehead atoms. The first-order valence-corrected chi connectivity index (χ1v) is 7.20. The lowest BCUT2D eigenvalue weighted by atomic mass is 10.2. The van der Waals surface area contributed by atoms with Gasteiger partial charge >= 0.3 is 0 Å². The molecule has 20 heavy (non-hydrogen) atoms. The van der Waals surface area contributed by atoms with E-state index >= 15 is 0 Å². The third-order valence-electron chi connectivity index (χ3n) is 3.98. The molecule has 0 spiro atoms. The van der Waals surface area contributed by atoms with E-state index in [1.165, 1.54) is 22.8 Å². The van der Waals surface area contributed by atoms with Gasteiger partial charge in [-0.3, -0.25) is 9.80 Å². The van der Waals surface area contributed by atoms with Crippen molar-refractivity contribution >= 4 is 11.6 Å². The maximum Gasteiger partial charge on any atom is 0.277 e. The Bertz CT molecular complexity index is 535. The zero-order chi connectivity index (χ0) is 13.9. The van der Waals surface area contributed by atoms with Crippen LogP contribution in [0, 0.1) is 13.8 Å². The van der Waals surface area contributed by atoms with Crippen LogP contribution >= 0.6 is 0 Å². The summed E-state index contributed by atoms with van der Waals surface area (Å²) < 4.78 is 0. The molecule has 0 radical (unpaired) electrons. The van der Waals surface area contributed by atoms with Crippen LogP contribution in [0.15, 0.2) is 36.7 Å². The first-order chi connectivity index (χ1) is 9.75. The van der Waals surface area contributed by atoms with Gasteiger partial charge in [-0.15, -0.1) is 0 Å². The fourth-order valence-electron chi connectivity index (χ4n) is 2.86. The number of aromatic nitrogens is 2. The summed E-state index contributed by atoms with van der Waals surface area (Å²) in [4.78, 5) is 11.6. The molecule has 3 rings (SSSR count). The van der Waals surface area contributed by atoms with E-state index in [0.29, 0.717) is 0 Å². The van der Waals surface area contributed by atoms with E-state index in [0.717, 1.165) is 26.2 Å². The van der Waals surface area contributed by atoms with Crippen LogP contribution < -0.4 is 19.8 Å². The van der Waals surface area contributed by atoms with E-state index < -0.39 is 0 Å². The van der Waals surface area contributed by atoms with Gasteiger partial charge in [0.25, 0.3) is 11.6 Å². The molecule has 1 saturated heterocycles. The molecule has 0 aliphatic carbocycles. The number of H-pyrrole nitrogens is 2. The molecule has 2 aromatic heterocycles. The third-order valence-corrected chi connectivity index (χ3v) is 3.98. The van der Waals surface area contributed by atoms with Gasteiger partial charge in [-0.2, -0.15) is 0 Å². The van der Waals surface area contributed by atoms with Crippen LogP contribution in [0.5, 0.6) is 0 Å². The number of aryl methyl sites for hydroxylation is 2. The highest BCUT2D eigenvalue weighted by atomic mass is 15.3. The summed E-state index contributed by atoms with van der Waals surface area (Å²) in [6.45, 7) is 8.50. The smallest absolute Gasteiger partial charge is 0.254 e. The summed E-state index contributed by atoms with van der Waals surface area (Å²) >= 11 is 0. The number of hydrogen-bond donors (Lipinski definition) is 0. The average molecular weight is 270 g/mol. The highest BCUT2D eigenvalue weighted by molar-refractivity contribution is 5.46. The molecule has 0 aromatic carbocycles. The maximum absolute atomic E-state index is 3.37. The van der Waals surface area contributed by atoms with Crippen LogP contribution in [-0.4, -0.2) is 26.2 Å². The molecule has 4 heteroatoms. The summed E-state index contributed by atoms with van der Waals surface area (Å²) in [7, 11) is 0. The summed E-state index contributed by atoms with van der Waals surface area (Å²) in [6.07, 6.45) is 4.01. The van der Waals surface area contributed by atoms with E-state index in [2.05, 4.69) is 57.9 Å². The normalized spacial score (nSPS) is 15.5. The zero-order valence-electron chi connectivity index (χ0n) is 12.2. The second-order valence-electron chi connectivity index (χ2n) is 5.38. The predicted octanol–water partition coefficient (Wildman–Crippen LogP) is 1.26. The monoisotopic (exact) mass is 270 g/mol. The number of piperazine rings is 1. The van der Waals surface area contributed by atoms with Crippen LogP contribution in [0.25, 0.3) is 0 Å². The molecule has 1 aliphatic heterocycles. The van der Waals surface area contributed by atoms with Gasteiger partial charge in [0.15, 0.2) is 0 Å². The van der Waals surface area contributed by atoms with Gasteiger partial charge in [0.2, 0.25) is 0 Å². The molecular weight excluding hydrogens is 248 g/mol. The van der Waals surface area contributed by atoms with Crippen molar-refractivity contribution in [2.75, 3.05) is 36.0 Å². The first-order valence-electron chi connectivity index (χ1n) is 7.20. The topological polar surface area (TPSA) is 34.8 Å². The van der Waals surface area contributed by atoms with Crippen LogP contribution in [0.2, 0.25) is 0 Å². The number of nitrogens with one attached hydrogen (secondary N) is 2. The van der Waals surface area contributed by atoms with E-state index in [1.54, 1.807) is 0 Å². The minimum Gasteiger partial charge on any atom is -0.254 e. The van der Waals surface area contributed by atoms with Gasteiger partial charge in [-0.05, 0) is 38.1 Å². The van der Waals surface area contributed by atoms with Gasteiger partial charge in [-0.25, -0.2) is 9.97 Å². The Morgan fingerprint density at radius 2 is 1.15 bits per heavy atom. The number of aromatic amines is 2. The summed E-state index contributed by atoms with van der Waals surface area (Å²) in [5.41, 5.74) is 2.62. The average Bonchev–Trinajstić information content (AvgIpc) is 2.49. The number of hydrogen-bond acceptors (Lipinski definition) is 2. The number of pyridine rings is 2. The molecule has 1 aliphatic rings. The van der Waals surface area contributed by atoms with Crippen molar-refractivity contribution < 1.29 is 9.97 Å². The standard InChI is InChI=1S/C16H20N4/c1-13-5-3-7-17-15(13)19-9-11-20(12-10-19)16-14(2)6-4-8-18-16/h3-8H,9-12H2,1-2H3/p+2. The highest BCUT2D eigenvalue weighted by Crippen LogP contribution is 2.18. The van der Waals surface area contributed by atoms with Crippen molar-refractivity contribution in [1.82, 2.24) is 0 Å². The molecule has 2 aromatic rings. The highest BCUT2D eigenvalue weighted by Gasteiger charge is 2.29. The SMILES string of the molecule is Cc1ccc[nH+]c1N1CCN(c2[nH+]cccc2C)CC1. The van der Waals surface area contributed by atoms with Crippen molar-refractivity contribution in [3.63, 3.8) is 0 Å². The summed E-state index contributed by atoms with van der Waals surface area (Å²) in [6, 6.07) is 8.43. The number of rotatable bonds is 2. The van der Waals surface area contributed by atoms with E-state index in [-0.39, 0.29) is 0 Å². The number of nitrogens with zero attached hydrogens (tertiary/aromatic N) is 2. The van der Waals surface area contributed by atoms with E-state index in [4.69, 9.17) is 0 Å². The lowest BCUT2D eigenvalue weighted by Crippen LogP contribution is -2.49. The van der Waals surface area contributed by atoms with Crippen LogP contribution in [0.4, 0.5) is 11.6 Å². The number of anilines is 2. The van der Waals surface area contributed by atoms with E-state index in [9.17, 15) is 0 Å². The minimum absolute atomic E-state index is 1.05. The summed E-state index contributed by atoms with van der Waals surface area (Å²) in [5, 5.41) is 0. The lowest BCUT2D eigenvalue weighted by Gasteiger charge is -2.27. The van der Waals surface area contributed by atoms with Gasteiger partial charge in [0.1, 0.15) is 26.2 Å². The van der Waals surface area contributed by atoms with Gasteiger partial charge in [0.05, 0.1) is 12.4 Å². The fourth-order valence-corrected chi connectivity index (χ4v) is 2.86. The van der Waals surface area contributed by atoms with Crippen LogP contribution in [-0.2, 0) is 0 Å². The van der Waals surface area contributed by atoms with Crippen molar-refractivity contribution in [2.24, 2.45) is 0 Å². The van der Waals surface area contributed by atoms with Crippen LogP contribution in [0.1, 0.15) is 11.1 Å². The molecule has 1 fully saturated rings. The maximum atomic E-state index is 3.37. The molecule has 0 saturated carbocycles.